The number of rotatable bonds is 5. The molecule has 0 saturated carbocycles. The van der Waals surface area contributed by atoms with Crippen LogP contribution in [0.5, 0.6) is 0 Å². The van der Waals surface area contributed by atoms with E-state index in [1.807, 2.05) is 32.6 Å². The van der Waals surface area contributed by atoms with Crippen molar-refractivity contribution in [3.8, 4) is 0 Å². The molecule has 5 nitrogen and oxygen atoms in total. The van der Waals surface area contributed by atoms with Crippen LogP contribution in [0.25, 0.3) is 0 Å². The molecule has 0 aromatic heterocycles. The van der Waals surface area contributed by atoms with Crippen LogP contribution in [-0.4, -0.2) is 57.5 Å². The number of fused-ring (bicyclic) bond motifs is 2. The number of carboxylic acids is 1. The first kappa shape index (κ1) is 15.3. The summed E-state index contributed by atoms with van der Waals surface area (Å²) in [6.07, 6.45) is 2.65. The van der Waals surface area contributed by atoms with Crippen molar-refractivity contribution in [3.05, 3.63) is 0 Å². The lowest BCUT2D eigenvalue weighted by Gasteiger charge is -2.33. The Morgan fingerprint density at radius 2 is 1.80 bits per heavy atom. The molecule has 2 heterocycles. The molecule has 2 aliphatic heterocycles. The Kier molecular flexibility index (Phi) is 4.37. The number of nitrogens with zero attached hydrogens (tertiary/aromatic N) is 2. The Hall–Kier alpha value is -1.10. The molecule has 20 heavy (non-hydrogen) atoms. The second kappa shape index (κ2) is 5.72. The predicted octanol–water partition coefficient (Wildman–Crippen LogP) is 1.57. The van der Waals surface area contributed by atoms with Crippen LogP contribution in [0.4, 0.5) is 0 Å². The fourth-order valence-corrected chi connectivity index (χ4v) is 4.02. The van der Waals surface area contributed by atoms with Gasteiger partial charge < -0.3 is 10.0 Å². The summed E-state index contributed by atoms with van der Waals surface area (Å²) < 4.78 is 0. The maximum atomic E-state index is 12.5. The zero-order valence-corrected chi connectivity index (χ0v) is 12.9. The molecule has 0 aliphatic carbocycles. The summed E-state index contributed by atoms with van der Waals surface area (Å²) in [6, 6.07) is 0.699. The van der Waals surface area contributed by atoms with Crippen LogP contribution in [0.3, 0.4) is 0 Å². The lowest BCUT2D eigenvalue weighted by Crippen LogP contribution is -2.48. The van der Waals surface area contributed by atoms with Crippen LogP contribution < -0.4 is 0 Å². The van der Waals surface area contributed by atoms with E-state index in [0.29, 0.717) is 13.0 Å². The van der Waals surface area contributed by atoms with Gasteiger partial charge >= 0.3 is 5.97 Å². The molecular formula is C15H26N2O3. The topological polar surface area (TPSA) is 60.9 Å². The van der Waals surface area contributed by atoms with Crippen molar-refractivity contribution >= 4 is 11.9 Å². The number of hydrogen-bond donors (Lipinski definition) is 1. The van der Waals surface area contributed by atoms with Crippen molar-refractivity contribution in [2.24, 2.45) is 5.92 Å². The first-order valence-electron chi connectivity index (χ1n) is 7.62. The SMILES string of the molecule is CC(C)N(C(=O)CN1C2CCC1C(C(=O)O)C2)C(C)C. The van der Waals surface area contributed by atoms with Crippen molar-refractivity contribution in [2.75, 3.05) is 6.54 Å². The summed E-state index contributed by atoms with van der Waals surface area (Å²) in [5, 5.41) is 9.25. The van der Waals surface area contributed by atoms with Gasteiger partial charge in [0.2, 0.25) is 5.91 Å². The molecule has 0 radical (unpaired) electrons. The lowest BCUT2D eigenvalue weighted by molar-refractivity contribution is -0.143. The molecule has 2 bridgehead atoms. The van der Waals surface area contributed by atoms with Gasteiger partial charge in [-0.05, 0) is 47.0 Å². The first-order valence-corrected chi connectivity index (χ1v) is 7.62. The van der Waals surface area contributed by atoms with E-state index in [9.17, 15) is 14.7 Å². The van der Waals surface area contributed by atoms with Gasteiger partial charge in [0.1, 0.15) is 0 Å². The fraction of sp³-hybridized carbons (Fsp3) is 0.867. The summed E-state index contributed by atoms with van der Waals surface area (Å²) in [5.74, 6) is -0.870. The quantitative estimate of drug-likeness (QED) is 0.831. The number of carbonyl (C=O) groups excluding carboxylic acids is 1. The summed E-state index contributed by atoms with van der Waals surface area (Å²) >= 11 is 0. The Morgan fingerprint density at radius 1 is 1.20 bits per heavy atom. The van der Waals surface area contributed by atoms with Crippen LogP contribution in [0, 0.1) is 5.92 Å². The maximum Gasteiger partial charge on any atom is 0.308 e. The van der Waals surface area contributed by atoms with E-state index in [1.165, 1.54) is 0 Å². The average molecular weight is 282 g/mol. The molecule has 0 aromatic rings. The standard InChI is InChI=1S/C15H26N2O3/c1-9(2)17(10(3)4)14(18)8-16-11-5-6-13(16)12(7-11)15(19)20/h9-13H,5-8H2,1-4H3,(H,19,20). The number of amides is 1. The Balaban J connectivity index is 2.04. The van der Waals surface area contributed by atoms with E-state index in [2.05, 4.69) is 4.90 Å². The Labute approximate surface area is 120 Å². The highest BCUT2D eigenvalue weighted by Gasteiger charge is 2.49. The highest BCUT2D eigenvalue weighted by Crippen LogP contribution is 2.41. The molecule has 1 N–H and O–H groups in total. The molecule has 3 atom stereocenters. The minimum Gasteiger partial charge on any atom is -0.481 e. The maximum absolute atomic E-state index is 12.5. The molecule has 1 amide bonds. The normalized spacial score (nSPS) is 29.4. The van der Waals surface area contributed by atoms with Crippen molar-refractivity contribution in [2.45, 2.75) is 71.1 Å². The minimum atomic E-state index is -0.709. The third-order valence-corrected chi connectivity index (χ3v) is 4.72. The van der Waals surface area contributed by atoms with Crippen molar-refractivity contribution < 1.29 is 14.7 Å². The molecule has 5 heteroatoms. The van der Waals surface area contributed by atoms with E-state index in [-0.39, 0.29) is 36.0 Å². The van der Waals surface area contributed by atoms with E-state index >= 15 is 0 Å². The molecule has 0 aromatic carbocycles. The average Bonchev–Trinajstić information content (AvgIpc) is 2.85. The van der Waals surface area contributed by atoms with Crippen molar-refractivity contribution in [3.63, 3.8) is 0 Å². The van der Waals surface area contributed by atoms with E-state index in [1.54, 1.807) is 0 Å². The van der Waals surface area contributed by atoms with Gasteiger partial charge in [0.25, 0.3) is 0 Å². The smallest absolute Gasteiger partial charge is 0.308 e. The van der Waals surface area contributed by atoms with Crippen LogP contribution in [0.15, 0.2) is 0 Å². The van der Waals surface area contributed by atoms with Gasteiger partial charge in [-0.1, -0.05) is 0 Å². The molecule has 2 saturated heterocycles. The van der Waals surface area contributed by atoms with Gasteiger partial charge in [0, 0.05) is 24.2 Å². The van der Waals surface area contributed by atoms with Crippen molar-refractivity contribution in [1.29, 1.82) is 0 Å². The zero-order chi connectivity index (χ0) is 15.0. The van der Waals surface area contributed by atoms with Gasteiger partial charge in [0.15, 0.2) is 0 Å². The molecular weight excluding hydrogens is 256 g/mol. The molecule has 2 rings (SSSR count). The van der Waals surface area contributed by atoms with Crippen LogP contribution in [-0.2, 0) is 9.59 Å². The van der Waals surface area contributed by atoms with Gasteiger partial charge in [-0.25, -0.2) is 0 Å². The minimum absolute atomic E-state index is 0.0580. The molecule has 114 valence electrons. The van der Waals surface area contributed by atoms with Gasteiger partial charge in [-0.15, -0.1) is 0 Å². The van der Waals surface area contributed by atoms with E-state index in [4.69, 9.17) is 0 Å². The molecule has 2 fully saturated rings. The largest absolute Gasteiger partial charge is 0.481 e. The number of hydrogen-bond acceptors (Lipinski definition) is 3. The summed E-state index contributed by atoms with van der Waals surface area (Å²) in [5.41, 5.74) is 0. The van der Waals surface area contributed by atoms with Crippen LogP contribution >= 0.6 is 0 Å². The zero-order valence-electron chi connectivity index (χ0n) is 12.9. The fourth-order valence-electron chi connectivity index (χ4n) is 4.02. The lowest BCUT2D eigenvalue weighted by atomic mass is 9.89. The van der Waals surface area contributed by atoms with E-state index < -0.39 is 5.97 Å². The molecule has 3 unspecified atom stereocenters. The molecule has 2 aliphatic rings. The highest BCUT2D eigenvalue weighted by molar-refractivity contribution is 5.79. The molecule has 0 spiro atoms. The van der Waals surface area contributed by atoms with Crippen LogP contribution in [0.1, 0.15) is 47.0 Å². The highest BCUT2D eigenvalue weighted by atomic mass is 16.4. The second-order valence-corrected chi connectivity index (χ2v) is 6.64. The summed E-state index contributed by atoms with van der Waals surface area (Å²) in [4.78, 5) is 27.8. The van der Waals surface area contributed by atoms with Crippen molar-refractivity contribution in [1.82, 2.24) is 9.80 Å². The first-order chi connectivity index (χ1) is 9.32. The second-order valence-electron chi connectivity index (χ2n) is 6.64. The van der Waals surface area contributed by atoms with E-state index in [0.717, 1.165) is 12.8 Å². The van der Waals surface area contributed by atoms with Gasteiger partial charge in [-0.3, -0.25) is 14.5 Å². The third-order valence-electron chi connectivity index (χ3n) is 4.72. The van der Waals surface area contributed by atoms with Gasteiger partial charge in [0.05, 0.1) is 12.5 Å². The monoisotopic (exact) mass is 282 g/mol. The third kappa shape index (κ3) is 2.68. The number of aliphatic carboxylic acids is 1. The number of carboxylic acid groups (broad SMARTS) is 1. The van der Waals surface area contributed by atoms with Gasteiger partial charge in [-0.2, -0.15) is 0 Å². The Morgan fingerprint density at radius 3 is 2.25 bits per heavy atom. The predicted molar refractivity (Wildman–Crippen MR) is 76.4 cm³/mol. The number of carbonyl (C=O) groups is 2. The summed E-state index contributed by atoms with van der Waals surface area (Å²) in [7, 11) is 0. The van der Waals surface area contributed by atoms with Crippen LogP contribution in [0.2, 0.25) is 0 Å². The Bertz CT molecular complexity index is 387. The summed E-state index contributed by atoms with van der Waals surface area (Å²) in [6.45, 7) is 8.47.